The molecule has 0 N–H and O–H groups in total. The van der Waals surface area contributed by atoms with E-state index < -0.39 is 0 Å². The molecule has 0 bridgehead atoms. The lowest BCUT2D eigenvalue weighted by atomic mass is 9.85. The van der Waals surface area contributed by atoms with E-state index in [2.05, 4.69) is 60.6 Å². The molecule has 1 aliphatic rings. The first kappa shape index (κ1) is 14.7. The summed E-state index contributed by atoms with van der Waals surface area (Å²) in [6.07, 6.45) is 0. The Kier molecular flexibility index (Phi) is 2.89. The van der Waals surface area contributed by atoms with Crippen molar-refractivity contribution >= 4 is 17.1 Å². The maximum absolute atomic E-state index is 6.02. The van der Waals surface area contributed by atoms with E-state index in [0.29, 0.717) is 0 Å². The van der Waals surface area contributed by atoms with E-state index in [1.54, 1.807) is 0 Å². The van der Waals surface area contributed by atoms with Crippen molar-refractivity contribution in [3.8, 4) is 22.4 Å². The van der Waals surface area contributed by atoms with Crippen LogP contribution in [0.4, 0.5) is 0 Å². The number of nitrogens with zero attached hydrogens (tertiary/aromatic N) is 3. The number of halogens is 1. The van der Waals surface area contributed by atoms with Crippen molar-refractivity contribution in [3.05, 3.63) is 76.9 Å². The van der Waals surface area contributed by atoms with Crippen molar-refractivity contribution in [1.82, 2.24) is 14.8 Å². The van der Waals surface area contributed by atoms with Gasteiger partial charge in [-0.15, -0.1) is 5.10 Å². The fourth-order valence-electron chi connectivity index (χ4n) is 3.98. The molecule has 25 heavy (non-hydrogen) atoms. The molecule has 0 amide bonds. The third kappa shape index (κ3) is 1.93. The number of hydrogen-bond donors (Lipinski definition) is 0. The van der Waals surface area contributed by atoms with Gasteiger partial charge in [-0.3, -0.25) is 0 Å². The molecule has 0 atom stereocenters. The van der Waals surface area contributed by atoms with Gasteiger partial charge in [0.15, 0.2) is 0 Å². The highest BCUT2D eigenvalue weighted by Crippen LogP contribution is 2.48. The van der Waals surface area contributed by atoms with Crippen LogP contribution in [0.2, 0.25) is 5.02 Å². The molecule has 0 fully saturated rings. The highest BCUT2D eigenvalue weighted by Gasteiger charge is 2.38. The Hall–Kier alpha value is -2.65. The van der Waals surface area contributed by atoms with Crippen LogP contribution >= 0.6 is 11.6 Å². The summed E-state index contributed by atoms with van der Waals surface area (Å²) in [6, 6.07) is 20.6. The number of aromatic nitrogens is 3. The normalized spacial score (nSPS) is 14.5. The van der Waals surface area contributed by atoms with E-state index in [1.165, 1.54) is 22.4 Å². The maximum atomic E-state index is 6.02. The Morgan fingerprint density at radius 3 is 2.44 bits per heavy atom. The number of benzene rings is 2. The Morgan fingerprint density at radius 2 is 1.64 bits per heavy atom. The zero-order valence-electron chi connectivity index (χ0n) is 14.0. The summed E-state index contributed by atoms with van der Waals surface area (Å²) >= 11 is 6.02. The first-order chi connectivity index (χ1) is 12.1. The predicted octanol–water partition coefficient (Wildman–Crippen LogP) is 5.36. The van der Waals surface area contributed by atoms with E-state index in [4.69, 9.17) is 11.6 Å². The smallest absolute Gasteiger partial charge is 0.120 e. The van der Waals surface area contributed by atoms with Gasteiger partial charge in [0.25, 0.3) is 0 Å². The van der Waals surface area contributed by atoms with Crippen LogP contribution in [0.3, 0.4) is 0 Å². The van der Waals surface area contributed by atoms with Crippen molar-refractivity contribution < 1.29 is 0 Å². The van der Waals surface area contributed by atoms with Gasteiger partial charge in [-0.25, -0.2) is 4.52 Å². The number of hydrogen-bond acceptors (Lipinski definition) is 2. The second-order valence-electron chi connectivity index (χ2n) is 7.01. The average Bonchev–Trinajstić information content (AvgIpc) is 3.14. The molecule has 3 nitrogen and oxygen atoms in total. The Morgan fingerprint density at radius 1 is 0.880 bits per heavy atom. The van der Waals surface area contributed by atoms with Crippen LogP contribution in [-0.2, 0) is 5.41 Å². The van der Waals surface area contributed by atoms with Crippen LogP contribution in [0.5, 0.6) is 0 Å². The van der Waals surface area contributed by atoms with Crippen molar-refractivity contribution in [2.45, 2.75) is 19.3 Å². The molecule has 2 aromatic carbocycles. The van der Waals surface area contributed by atoms with E-state index >= 15 is 0 Å². The summed E-state index contributed by atoms with van der Waals surface area (Å²) in [7, 11) is 0. The SMILES string of the molecule is CC1(C)c2ccccc2-c2ccc3c(-c4ccc(Cl)cc4)nnn3c21. The standard InChI is InChI=1S/C21H16ClN3/c1-21(2)17-6-4-3-5-15(17)16-11-12-18-19(23-24-25(18)20(16)21)13-7-9-14(22)10-8-13/h3-12H,1-2H3. The predicted molar refractivity (Wildman–Crippen MR) is 101 cm³/mol. The summed E-state index contributed by atoms with van der Waals surface area (Å²) in [5.74, 6) is 0. The molecule has 0 unspecified atom stereocenters. The maximum Gasteiger partial charge on any atom is 0.120 e. The van der Waals surface area contributed by atoms with Gasteiger partial charge >= 0.3 is 0 Å². The highest BCUT2D eigenvalue weighted by molar-refractivity contribution is 6.30. The van der Waals surface area contributed by atoms with E-state index in [-0.39, 0.29) is 5.41 Å². The van der Waals surface area contributed by atoms with Gasteiger partial charge in [0.05, 0.1) is 11.2 Å². The van der Waals surface area contributed by atoms with Gasteiger partial charge in [-0.05, 0) is 29.3 Å². The number of fused-ring (bicyclic) bond motifs is 5. The molecular weight excluding hydrogens is 330 g/mol. The Bertz CT molecular complexity index is 1120. The highest BCUT2D eigenvalue weighted by atomic mass is 35.5. The zero-order chi connectivity index (χ0) is 17.2. The fraction of sp³-hybridized carbons (Fsp3) is 0.143. The minimum absolute atomic E-state index is 0.115. The lowest BCUT2D eigenvalue weighted by molar-refractivity contribution is 0.604. The van der Waals surface area contributed by atoms with Gasteiger partial charge in [0.1, 0.15) is 5.69 Å². The molecule has 122 valence electrons. The Balaban J connectivity index is 1.80. The molecule has 0 aliphatic heterocycles. The lowest BCUT2D eigenvalue weighted by Gasteiger charge is -2.21. The van der Waals surface area contributed by atoms with Crippen LogP contribution in [0.1, 0.15) is 25.1 Å². The van der Waals surface area contributed by atoms with Gasteiger partial charge < -0.3 is 0 Å². The quantitative estimate of drug-likeness (QED) is 0.465. The monoisotopic (exact) mass is 345 g/mol. The average molecular weight is 346 g/mol. The molecule has 0 radical (unpaired) electrons. The molecular formula is C21H16ClN3. The first-order valence-corrected chi connectivity index (χ1v) is 8.70. The Labute approximate surface area is 150 Å². The van der Waals surface area contributed by atoms with Crippen LogP contribution in [-0.4, -0.2) is 14.8 Å². The van der Waals surface area contributed by atoms with Crippen LogP contribution in [0.25, 0.3) is 27.9 Å². The largest absolute Gasteiger partial charge is 0.215 e. The van der Waals surface area contributed by atoms with E-state index in [1.807, 2.05) is 28.8 Å². The molecule has 4 heteroatoms. The van der Waals surface area contributed by atoms with Crippen molar-refractivity contribution in [3.63, 3.8) is 0 Å². The number of pyridine rings is 1. The molecule has 2 aromatic heterocycles. The summed E-state index contributed by atoms with van der Waals surface area (Å²) < 4.78 is 2.00. The van der Waals surface area contributed by atoms with Gasteiger partial charge in [0.2, 0.25) is 0 Å². The topological polar surface area (TPSA) is 30.2 Å². The van der Waals surface area contributed by atoms with Crippen molar-refractivity contribution in [2.75, 3.05) is 0 Å². The van der Waals surface area contributed by atoms with Gasteiger partial charge in [-0.2, -0.15) is 0 Å². The zero-order valence-corrected chi connectivity index (χ0v) is 14.7. The van der Waals surface area contributed by atoms with Crippen molar-refractivity contribution in [2.24, 2.45) is 0 Å². The molecule has 0 spiro atoms. The second-order valence-corrected chi connectivity index (χ2v) is 7.44. The number of rotatable bonds is 1. The van der Waals surface area contributed by atoms with Gasteiger partial charge in [0, 0.05) is 21.6 Å². The first-order valence-electron chi connectivity index (χ1n) is 8.32. The molecule has 0 saturated heterocycles. The fourth-order valence-corrected chi connectivity index (χ4v) is 4.11. The molecule has 0 saturated carbocycles. The van der Waals surface area contributed by atoms with Crippen molar-refractivity contribution in [1.29, 1.82) is 0 Å². The summed E-state index contributed by atoms with van der Waals surface area (Å²) in [5.41, 5.74) is 7.85. The molecule has 2 heterocycles. The van der Waals surface area contributed by atoms with Crippen LogP contribution in [0.15, 0.2) is 60.7 Å². The third-order valence-corrected chi connectivity index (χ3v) is 5.43. The summed E-state index contributed by atoms with van der Waals surface area (Å²) in [5, 5.41) is 9.69. The minimum atomic E-state index is -0.115. The molecule has 4 aromatic rings. The summed E-state index contributed by atoms with van der Waals surface area (Å²) in [6.45, 7) is 4.50. The molecule has 1 aliphatic carbocycles. The third-order valence-electron chi connectivity index (χ3n) is 5.18. The second kappa shape index (κ2) is 4.93. The van der Waals surface area contributed by atoms with E-state index in [9.17, 15) is 0 Å². The minimum Gasteiger partial charge on any atom is -0.215 e. The van der Waals surface area contributed by atoms with Crippen LogP contribution < -0.4 is 0 Å². The lowest BCUT2D eigenvalue weighted by Crippen LogP contribution is -2.19. The molecule has 5 rings (SSSR count). The van der Waals surface area contributed by atoms with E-state index in [0.717, 1.165) is 21.8 Å². The van der Waals surface area contributed by atoms with Crippen LogP contribution in [0, 0.1) is 0 Å². The van der Waals surface area contributed by atoms with Gasteiger partial charge in [-0.1, -0.05) is 73.1 Å². The summed E-state index contributed by atoms with van der Waals surface area (Å²) in [4.78, 5) is 0.